The largest absolute Gasteiger partial charge is 0.354 e. The van der Waals surface area contributed by atoms with E-state index in [4.69, 9.17) is 4.98 Å². The number of anilines is 1. The van der Waals surface area contributed by atoms with Crippen LogP contribution in [0.4, 0.5) is 5.82 Å². The van der Waals surface area contributed by atoms with Gasteiger partial charge in [-0.1, -0.05) is 19.9 Å². The van der Waals surface area contributed by atoms with Crippen molar-refractivity contribution in [1.82, 2.24) is 15.2 Å². The maximum Gasteiger partial charge on any atom is 0.128 e. The minimum Gasteiger partial charge on any atom is -0.354 e. The van der Waals surface area contributed by atoms with E-state index in [1.54, 1.807) is 0 Å². The number of nitrogens with one attached hydrogen (secondary N) is 1. The zero-order chi connectivity index (χ0) is 14.7. The SMILES string of the molecule is CC(C)CNCc1cccc(N2CCN(C3CC3)CC2)n1. The van der Waals surface area contributed by atoms with Gasteiger partial charge in [0, 0.05) is 38.8 Å². The van der Waals surface area contributed by atoms with E-state index >= 15 is 0 Å². The molecule has 2 heterocycles. The molecule has 4 heteroatoms. The highest BCUT2D eigenvalue weighted by Crippen LogP contribution is 2.28. The molecule has 1 aliphatic carbocycles. The van der Waals surface area contributed by atoms with Crippen LogP contribution in [0.15, 0.2) is 18.2 Å². The molecule has 0 radical (unpaired) electrons. The molecule has 2 aliphatic rings. The summed E-state index contributed by atoms with van der Waals surface area (Å²) < 4.78 is 0. The van der Waals surface area contributed by atoms with Gasteiger partial charge in [-0.2, -0.15) is 0 Å². The molecule has 21 heavy (non-hydrogen) atoms. The predicted molar refractivity (Wildman–Crippen MR) is 87.6 cm³/mol. The van der Waals surface area contributed by atoms with Crippen molar-refractivity contribution in [3.05, 3.63) is 23.9 Å². The van der Waals surface area contributed by atoms with Crippen LogP contribution in [0, 0.1) is 5.92 Å². The molecule has 4 nitrogen and oxygen atoms in total. The van der Waals surface area contributed by atoms with Crippen LogP contribution in [0.2, 0.25) is 0 Å². The maximum atomic E-state index is 4.82. The Morgan fingerprint density at radius 1 is 1.19 bits per heavy atom. The summed E-state index contributed by atoms with van der Waals surface area (Å²) in [5, 5.41) is 3.47. The van der Waals surface area contributed by atoms with Crippen LogP contribution in [-0.2, 0) is 6.54 Å². The number of pyridine rings is 1. The summed E-state index contributed by atoms with van der Waals surface area (Å²) in [6.45, 7) is 11.0. The van der Waals surface area contributed by atoms with Gasteiger partial charge in [-0.25, -0.2) is 4.98 Å². The lowest BCUT2D eigenvalue weighted by atomic mass is 10.2. The lowest BCUT2D eigenvalue weighted by molar-refractivity contribution is 0.247. The highest BCUT2D eigenvalue weighted by Gasteiger charge is 2.31. The Bertz CT molecular complexity index is 448. The van der Waals surface area contributed by atoms with Gasteiger partial charge in [0.2, 0.25) is 0 Å². The van der Waals surface area contributed by atoms with Crippen molar-refractivity contribution in [2.75, 3.05) is 37.6 Å². The molecule has 1 aromatic rings. The summed E-state index contributed by atoms with van der Waals surface area (Å²) in [6, 6.07) is 7.31. The maximum absolute atomic E-state index is 4.82. The molecule has 0 unspecified atom stereocenters. The Balaban J connectivity index is 1.53. The van der Waals surface area contributed by atoms with Gasteiger partial charge in [-0.3, -0.25) is 4.90 Å². The zero-order valence-electron chi connectivity index (χ0n) is 13.4. The lowest BCUT2D eigenvalue weighted by Gasteiger charge is -2.35. The molecule has 0 atom stereocenters. The quantitative estimate of drug-likeness (QED) is 0.869. The fourth-order valence-electron chi connectivity index (χ4n) is 2.99. The van der Waals surface area contributed by atoms with E-state index in [2.05, 4.69) is 47.2 Å². The van der Waals surface area contributed by atoms with Gasteiger partial charge in [-0.05, 0) is 37.4 Å². The van der Waals surface area contributed by atoms with Gasteiger partial charge in [-0.15, -0.1) is 0 Å². The first-order valence-electron chi connectivity index (χ1n) is 8.38. The van der Waals surface area contributed by atoms with E-state index in [1.165, 1.54) is 25.9 Å². The van der Waals surface area contributed by atoms with E-state index < -0.39 is 0 Å². The van der Waals surface area contributed by atoms with Crippen molar-refractivity contribution in [3.8, 4) is 0 Å². The molecule has 3 rings (SSSR count). The number of hydrogen-bond acceptors (Lipinski definition) is 4. The molecular formula is C17H28N4. The summed E-state index contributed by atoms with van der Waals surface area (Å²) >= 11 is 0. The van der Waals surface area contributed by atoms with Gasteiger partial charge < -0.3 is 10.2 Å². The first-order valence-corrected chi connectivity index (χ1v) is 8.38. The molecular weight excluding hydrogens is 260 g/mol. The standard InChI is InChI=1S/C17H28N4/c1-14(2)12-18-13-15-4-3-5-17(19-15)21-10-8-20(9-11-21)16-6-7-16/h3-5,14,16,18H,6-13H2,1-2H3. The molecule has 2 fully saturated rings. The summed E-state index contributed by atoms with van der Waals surface area (Å²) in [7, 11) is 0. The Kier molecular flexibility index (Phi) is 4.76. The van der Waals surface area contributed by atoms with Crippen molar-refractivity contribution in [2.24, 2.45) is 5.92 Å². The second-order valence-corrected chi connectivity index (χ2v) is 6.77. The number of hydrogen-bond donors (Lipinski definition) is 1. The van der Waals surface area contributed by atoms with E-state index in [-0.39, 0.29) is 0 Å². The Hall–Kier alpha value is -1.13. The van der Waals surface area contributed by atoms with E-state index in [1.807, 2.05) is 0 Å². The van der Waals surface area contributed by atoms with Gasteiger partial charge in [0.1, 0.15) is 5.82 Å². The van der Waals surface area contributed by atoms with Crippen LogP contribution in [0.5, 0.6) is 0 Å². The lowest BCUT2D eigenvalue weighted by Crippen LogP contribution is -2.47. The molecule has 1 saturated heterocycles. The fourth-order valence-corrected chi connectivity index (χ4v) is 2.99. The van der Waals surface area contributed by atoms with Crippen LogP contribution < -0.4 is 10.2 Å². The molecule has 1 N–H and O–H groups in total. The van der Waals surface area contributed by atoms with Crippen molar-refractivity contribution in [3.63, 3.8) is 0 Å². The Morgan fingerprint density at radius 2 is 1.95 bits per heavy atom. The second-order valence-electron chi connectivity index (χ2n) is 6.77. The normalized spacial score (nSPS) is 20.2. The molecule has 116 valence electrons. The summed E-state index contributed by atoms with van der Waals surface area (Å²) in [6.07, 6.45) is 2.82. The summed E-state index contributed by atoms with van der Waals surface area (Å²) in [4.78, 5) is 9.90. The van der Waals surface area contributed by atoms with Crippen LogP contribution in [-0.4, -0.2) is 48.6 Å². The van der Waals surface area contributed by atoms with Gasteiger partial charge in [0.15, 0.2) is 0 Å². The first-order chi connectivity index (χ1) is 10.2. The Labute approximate surface area is 128 Å². The number of aromatic nitrogens is 1. The van der Waals surface area contributed by atoms with E-state index in [9.17, 15) is 0 Å². The van der Waals surface area contributed by atoms with E-state index in [0.29, 0.717) is 5.92 Å². The average Bonchev–Trinajstić information content (AvgIpc) is 3.32. The fraction of sp³-hybridized carbons (Fsp3) is 0.706. The van der Waals surface area contributed by atoms with Crippen molar-refractivity contribution >= 4 is 5.82 Å². The molecule has 0 aromatic carbocycles. The third kappa shape index (κ3) is 4.17. The summed E-state index contributed by atoms with van der Waals surface area (Å²) in [5.41, 5.74) is 1.15. The van der Waals surface area contributed by atoms with Crippen molar-refractivity contribution < 1.29 is 0 Å². The number of rotatable bonds is 6. The van der Waals surface area contributed by atoms with Crippen LogP contribution in [0.25, 0.3) is 0 Å². The average molecular weight is 288 g/mol. The van der Waals surface area contributed by atoms with Crippen molar-refractivity contribution in [1.29, 1.82) is 0 Å². The monoisotopic (exact) mass is 288 g/mol. The second kappa shape index (κ2) is 6.75. The minimum absolute atomic E-state index is 0.684. The molecule has 0 bridgehead atoms. The topological polar surface area (TPSA) is 31.4 Å². The predicted octanol–water partition coefficient (Wildman–Crippen LogP) is 2.11. The van der Waals surface area contributed by atoms with Gasteiger partial charge in [0.25, 0.3) is 0 Å². The van der Waals surface area contributed by atoms with Crippen LogP contribution >= 0.6 is 0 Å². The molecule has 1 aromatic heterocycles. The highest BCUT2D eigenvalue weighted by molar-refractivity contribution is 5.40. The smallest absolute Gasteiger partial charge is 0.128 e. The van der Waals surface area contributed by atoms with Gasteiger partial charge >= 0.3 is 0 Å². The minimum atomic E-state index is 0.684. The number of nitrogens with zero attached hydrogens (tertiary/aromatic N) is 3. The summed E-state index contributed by atoms with van der Waals surface area (Å²) in [5.74, 6) is 1.83. The number of piperazine rings is 1. The third-order valence-corrected chi connectivity index (χ3v) is 4.35. The Morgan fingerprint density at radius 3 is 2.62 bits per heavy atom. The highest BCUT2D eigenvalue weighted by atomic mass is 15.3. The van der Waals surface area contributed by atoms with Crippen LogP contribution in [0.3, 0.4) is 0 Å². The van der Waals surface area contributed by atoms with Crippen molar-refractivity contribution in [2.45, 2.75) is 39.3 Å². The zero-order valence-corrected chi connectivity index (χ0v) is 13.4. The molecule has 1 aliphatic heterocycles. The van der Waals surface area contributed by atoms with E-state index in [0.717, 1.165) is 43.7 Å². The molecule has 1 saturated carbocycles. The molecule has 0 amide bonds. The first kappa shape index (κ1) is 14.8. The molecule has 0 spiro atoms. The third-order valence-electron chi connectivity index (χ3n) is 4.35. The van der Waals surface area contributed by atoms with Crippen LogP contribution in [0.1, 0.15) is 32.4 Å². The van der Waals surface area contributed by atoms with Gasteiger partial charge in [0.05, 0.1) is 5.69 Å².